The van der Waals surface area contributed by atoms with Gasteiger partial charge in [-0.05, 0) is 37.1 Å². The summed E-state index contributed by atoms with van der Waals surface area (Å²) in [6.07, 6.45) is 6.82. The molecule has 3 rings (SSSR count). The van der Waals surface area contributed by atoms with E-state index in [0.29, 0.717) is 5.54 Å². The number of hydrogen-bond acceptors (Lipinski definition) is 4. The van der Waals surface area contributed by atoms with Crippen LogP contribution in [-0.2, 0) is 0 Å². The highest BCUT2D eigenvalue weighted by Gasteiger charge is 2.39. The van der Waals surface area contributed by atoms with E-state index in [-0.39, 0.29) is 0 Å². The summed E-state index contributed by atoms with van der Waals surface area (Å²) in [4.78, 5) is 2.67. The number of methoxy groups -OCH3 is 1. The van der Waals surface area contributed by atoms with Crippen molar-refractivity contribution in [2.45, 2.75) is 37.6 Å². The molecule has 1 spiro atoms. The molecular formula is C18H28N2O2. The molecule has 1 aliphatic heterocycles. The normalized spacial score (nSPS) is 21.7. The molecule has 1 aromatic carbocycles. The number of piperazine rings is 1. The van der Waals surface area contributed by atoms with Crippen LogP contribution in [0.1, 0.15) is 32.1 Å². The van der Waals surface area contributed by atoms with Gasteiger partial charge in [0.05, 0.1) is 7.11 Å². The molecule has 0 unspecified atom stereocenters. The SMILES string of the molecule is COc1ccc(OCCN2CCNCC23CCCCC3)cc1. The van der Waals surface area contributed by atoms with Crippen LogP contribution < -0.4 is 14.8 Å². The molecule has 0 radical (unpaired) electrons. The van der Waals surface area contributed by atoms with Crippen LogP contribution in [0.3, 0.4) is 0 Å². The molecule has 4 nitrogen and oxygen atoms in total. The van der Waals surface area contributed by atoms with Crippen LogP contribution in [0.15, 0.2) is 24.3 Å². The zero-order chi connectivity index (χ0) is 15.3. The molecule has 4 heteroatoms. The van der Waals surface area contributed by atoms with Gasteiger partial charge in [-0.2, -0.15) is 0 Å². The molecule has 0 bridgehead atoms. The lowest BCUT2D eigenvalue weighted by Crippen LogP contribution is -2.62. The van der Waals surface area contributed by atoms with Gasteiger partial charge >= 0.3 is 0 Å². The van der Waals surface area contributed by atoms with Gasteiger partial charge in [0.2, 0.25) is 0 Å². The van der Waals surface area contributed by atoms with E-state index < -0.39 is 0 Å². The maximum Gasteiger partial charge on any atom is 0.119 e. The second-order valence-electron chi connectivity index (χ2n) is 6.47. The van der Waals surface area contributed by atoms with Crippen molar-refractivity contribution in [1.29, 1.82) is 0 Å². The summed E-state index contributed by atoms with van der Waals surface area (Å²) in [5.41, 5.74) is 0.389. The fourth-order valence-electron chi connectivity index (χ4n) is 3.88. The maximum atomic E-state index is 5.92. The van der Waals surface area contributed by atoms with Crippen molar-refractivity contribution in [2.75, 3.05) is 39.9 Å². The minimum absolute atomic E-state index is 0.389. The maximum absolute atomic E-state index is 5.92. The Hall–Kier alpha value is -1.26. The summed E-state index contributed by atoms with van der Waals surface area (Å²) in [5, 5.41) is 3.60. The number of ether oxygens (including phenoxy) is 2. The van der Waals surface area contributed by atoms with Gasteiger partial charge in [0.25, 0.3) is 0 Å². The quantitative estimate of drug-likeness (QED) is 0.907. The molecule has 1 N–H and O–H groups in total. The molecule has 1 saturated carbocycles. The predicted octanol–water partition coefficient (Wildman–Crippen LogP) is 2.68. The van der Waals surface area contributed by atoms with E-state index in [4.69, 9.17) is 9.47 Å². The van der Waals surface area contributed by atoms with Crippen LogP contribution in [0, 0.1) is 0 Å². The average molecular weight is 304 g/mol. The van der Waals surface area contributed by atoms with Gasteiger partial charge < -0.3 is 14.8 Å². The van der Waals surface area contributed by atoms with E-state index in [9.17, 15) is 0 Å². The molecule has 2 fully saturated rings. The summed E-state index contributed by atoms with van der Waals surface area (Å²) < 4.78 is 11.1. The molecule has 1 saturated heterocycles. The lowest BCUT2D eigenvalue weighted by atomic mass is 9.79. The number of rotatable bonds is 5. The van der Waals surface area contributed by atoms with Crippen molar-refractivity contribution in [2.24, 2.45) is 0 Å². The minimum Gasteiger partial charge on any atom is -0.497 e. The fourth-order valence-corrected chi connectivity index (χ4v) is 3.88. The topological polar surface area (TPSA) is 33.7 Å². The van der Waals surface area contributed by atoms with Crippen molar-refractivity contribution >= 4 is 0 Å². The average Bonchev–Trinajstić information content (AvgIpc) is 2.58. The predicted molar refractivity (Wildman–Crippen MR) is 88.7 cm³/mol. The lowest BCUT2D eigenvalue weighted by Gasteiger charge is -2.49. The van der Waals surface area contributed by atoms with Crippen LogP contribution in [0.4, 0.5) is 0 Å². The van der Waals surface area contributed by atoms with Crippen molar-refractivity contribution < 1.29 is 9.47 Å². The molecule has 1 aromatic rings. The highest BCUT2D eigenvalue weighted by molar-refractivity contribution is 5.31. The highest BCUT2D eigenvalue weighted by Crippen LogP contribution is 2.34. The first-order valence-electron chi connectivity index (χ1n) is 8.55. The lowest BCUT2D eigenvalue weighted by molar-refractivity contribution is 0.0183. The van der Waals surface area contributed by atoms with Crippen molar-refractivity contribution in [3.05, 3.63) is 24.3 Å². The first-order valence-corrected chi connectivity index (χ1v) is 8.55. The number of nitrogens with one attached hydrogen (secondary N) is 1. The van der Waals surface area contributed by atoms with Gasteiger partial charge in [-0.25, -0.2) is 0 Å². The van der Waals surface area contributed by atoms with Crippen molar-refractivity contribution in [1.82, 2.24) is 10.2 Å². The van der Waals surface area contributed by atoms with E-state index in [0.717, 1.165) is 44.3 Å². The number of benzene rings is 1. The van der Waals surface area contributed by atoms with E-state index in [2.05, 4.69) is 10.2 Å². The van der Waals surface area contributed by atoms with Crippen molar-refractivity contribution in [3.8, 4) is 11.5 Å². The third-order valence-electron chi connectivity index (χ3n) is 5.16. The second kappa shape index (κ2) is 7.34. The summed E-state index contributed by atoms with van der Waals surface area (Å²) in [5.74, 6) is 1.80. The summed E-state index contributed by atoms with van der Waals surface area (Å²) in [6.45, 7) is 5.17. The highest BCUT2D eigenvalue weighted by atomic mass is 16.5. The second-order valence-corrected chi connectivity index (χ2v) is 6.47. The Morgan fingerprint density at radius 3 is 2.55 bits per heavy atom. The summed E-state index contributed by atoms with van der Waals surface area (Å²) in [6, 6.07) is 7.85. The summed E-state index contributed by atoms with van der Waals surface area (Å²) >= 11 is 0. The smallest absolute Gasteiger partial charge is 0.119 e. The number of hydrogen-bond donors (Lipinski definition) is 1. The van der Waals surface area contributed by atoms with Gasteiger partial charge in [0.1, 0.15) is 18.1 Å². The van der Waals surface area contributed by atoms with Crippen LogP contribution in [0.25, 0.3) is 0 Å². The molecule has 22 heavy (non-hydrogen) atoms. The Morgan fingerprint density at radius 1 is 1.09 bits per heavy atom. The van der Waals surface area contributed by atoms with Gasteiger partial charge in [-0.15, -0.1) is 0 Å². The molecule has 0 aromatic heterocycles. The number of nitrogens with zero attached hydrogens (tertiary/aromatic N) is 1. The molecular weight excluding hydrogens is 276 g/mol. The van der Waals surface area contributed by atoms with Crippen LogP contribution in [0.2, 0.25) is 0 Å². The Bertz CT molecular complexity index is 446. The van der Waals surface area contributed by atoms with Crippen LogP contribution >= 0.6 is 0 Å². The Morgan fingerprint density at radius 2 is 1.82 bits per heavy atom. The Labute approximate surface area is 133 Å². The van der Waals surface area contributed by atoms with E-state index >= 15 is 0 Å². The first kappa shape index (κ1) is 15.6. The summed E-state index contributed by atoms with van der Waals surface area (Å²) in [7, 11) is 1.68. The van der Waals surface area contributed by atoms with Crippen LogP contribution in [-0.4, -0.2) is 50.3 Å². The Kier molecular flexibility index (Phi) is 5.21. The Balaban J connectivity index is 1.52. The van der Waals surface area contributed by atoms with Gasteiger partial charge in [-0.1, -0.05) is 19.3 Å². The zero-order valence-electron chi connectivity index (χ0n) is 13.6. The molecule has 122 valence electrons. The fraction of sp³-hybridized carbons (Fsp3) is 0.667. The van der Waals surface area contributed by atoms with Gasteiger partial charge in [-0.3, -0.25) is 4.90 Å². The zero-order valence-corrected chi connectivity index (χ0v) is 13.6. The van der Waals surface area contributed by atoms with E-state index in [1.54, 1.807) is 7.11 Å². The van der Waals surface area contributed by atoms with E-state index in [1.807, 2.05) is 24.3 Å². The monoisotopic (exact) mass is 304 g/mol. The minimum atomic E-state index is 0.389. The molecule has 1 heterocycles. The third-order valence-corrected chi connectivity index (χ3v) is 5.16. The van der Waals surface area contributed by atoms with E-state index in [1.165, 1.54) is 32.1 Å². The largest absolute Gasteiger partial charge is 0.497 e. The standard InChI is InChI=1S/C18H28N2O2/c1-21-16-5-7-17(8-6-16)22-14-13-20-12-11-19-15-18(20)9-3-2-4-10-18/h5-8,19H,2-4,9-15H2,1H3. The van der Waals surface area contributed by atoms with Gasteiger partial charge in [0.15, 0.2) is 0 Å². The van der Waals surface area contributed by atoms with Gasteiger partial charge in [0, 0.05) is 31.7 Å². The first-order chi connectivity index (χ1) is 10.8. The molecule has 1 aliphatic carbocycles. The molecule has 2 aliphatic rings. The van der Waals surface area contributed by atoms with Crippen molar-refractivity contribution in [3.63, 3.8) is 0 Å². The van der Waals surface area contributed by atoms with Crippen LogP contribution in [0.5, 0.6) is 11.5 Å². The molecule has 0 amide bonds. The molecule has 0 atom stereocenters. The third kappa shape index (κ3) is 3.55.